The van der Waals surface area contributed by atoms with Crippen molar-refractivity contribution in [1.82, 2.24) is 14.5 Å². The third-order valence-electron chi connectivity index (χ3n) is 3.75. The van der Waals surface area contributed by atoms with Crippen molar-refractivity contribution in [2.75, 3.05) is 40.3 Å². The predicted octanol–water partition coefficient (Wildman–Crippen LogP) is 0.196. The van der Waals surface area contributed by atoms with E-state index in [2.05, 4.69) is 17.1 Å². The monoisotopic (exact) mass is 277 g/mol. The van der Waals surface area contributed by atoms with Crippen LogP contribution in [-0.2, 0) is 10.0 Å². The molecule has 0 saturated carbocycles. The van der Waals surface area contributed by atoms with Crippen molar-refractivity contribution in [3.8, 4) is 0 Å². The molecule has 0 amide bonds. The van der Waals surface area contributed by atoms with Crippen molar-refractivity contribution in [3.63, 3.8) is 0 Å². The van der Waals surface area contributed by atoms with Crippen LogP contribution >= 0.6 is 0 Å². The van der Waals surface area contributed by atoms with Gasteiger partial charge in [-0.05, 0) is 33.5 Å². The maximum absolute atomic E-state index is 12.4. The van der Waals surface area contributed by atoms with Crippen molar-refractivity contribution in [1.29, 1.82) is 0 Å². The minimum atomic E-state index is -3.17. The molecule has 0 bridgehead atoms. The highest BCUT2D eigenvalue weighted by Gasteiger charge is 2.39. The summed E-state index contributed by atoms with van der Waals surface area (Å²) in [5, 5.41) is 2.75. The van der Waals surface area contributed by atoms with Crippen LogP contribution in [0.3, 0.4) is 0 Å². The maximum atomic E-state index is 12.4. The van der Waals surface area contributed by atoms with Crippen LogP contribution in [0.2, 0.25) is 0 Å². The molecule has 108 valence electrons. The summed E-state index contributed by atoms with van der Waals surface area (Å²) in [6.45, 7) is 8.47. The summed E-state index contributed by atoms with van der Waals surface area (Å²) >= 11 is 0. The van der Waals surface area contributed by atoms with Crippen molar-refractivity contribution in [2.45, 2.75) is 32.1 Å². The minimum absolute atomic E-state index is 0.325. The second-order valence-electron chi connectivity index (χ2n) is 5.49. The zero-order chi connectivity index (χ0) is 13.9. The minimum Gasteiger partial charge on any atom is -0.316 e. The number of rotatable bonds is 6. The fourth-order valence-corrected chi connectivity index (χ4v) is 4.13. The lowest BCUT2D eigenvalue weighted by Crippen LogP contribution is -2.42. The zero-order valence-corrected chi connectivity index (χ0v) is 13.0. The number of likely N-dealkylation sites (N-methyl/N-ethyl adjacent to an activating group) is 1. The average molecular weight is 277 g/mol. The number of nitrogens with one attached hydrogen (secondary N) is 1. The van der Waals surface area contributed by atoms with Gasteiger partial charge in [0.15, 0.2) is 0 Å². The summed E-state index contributed by atoms with van der Waals surface area (Å²) in [4.78, 5) is 2.12. The summed E-state index contributed by atoms with van der Waals surface area (Å²) in [5.41, 5.74) is 0. The number of nitrogens with zero attached hydrogens (tertiary/aromatic N) is 2. The summed E-state index contributed by atoms with van der Waals surface area (Å²) in [5.74, 6) is 0.390. The van der Waals surface area contributed by atoms with Gasteiger partial charge < -0.3 is 10.2 Å². The Morgan fingerprint density at radius 3 is 2.44 bits per heavy atom. The van der Waals surface area contributed by atoms with E-state index in [0.29, 0.717) is 31.6 Å². The Hall–Kier alpha value is -0.170. The van der Waals surface area contributed by atoms with E-state index in [0.717, 1.165) is 6.54 Å². The molecule has 1 rings (SSSR count). The van der Waals surface area contributed by atoms with E-state index in [4.69, 9.17) is 0 Å². The summed E-state index contributed by atoms with van der Waals surface area (Å²) in [7, 11) is 0.860. The molecule has 3 unspecified atom stereocenters. The lowest BCUT2D eigenvalue weighted by Gasteiger charge is -2.24. The van der Waals surface area contributed by atoms with Crippen LogP contribution in [0.25, 0.3) is 0 Å². The number of hydrogen-bond acceptors (Lipinski definition) is 4. The highest BCUT2D eigenvalue weighted by molar-refractivity contribution is 7.89. The van der Waals surface area contributed by atoms with Crippen LogP contribution in [-0.4, -0.2) is 69.2 Å². The first-order chi connectivity index (χ1) is 8.30. The van der Waals surface area contributed by atoms with Gasteiger partial charge in [0, 0.05) is 25.7 Å². The molecule has 3 atom stereocenters. The molecule has 0 radical (unpaired) electrons. The van der Waals surface area contributed by atoms with Gasteiger partial charge in [-0.25, -0.2) is 8.42 Å². The van der Waals surface area contributed by atoms with Crippen molar-refractivity contribution in [3.05, 3.63) is 0 Å². The molecule has 1 aliphatic heterocycles. The van der Waals surface area contributed by atoms with Crippen molar-refractivity contribution >= 4 is 10.0 Å². The Morgan fingerprint density at radius 1 is 1.39 bits per heavy atom. The lowest BCUT2D eigenvalue weighted by atomic mass is 10.1. The second kappa shape index (κ2) is 6.32. The zero-order valence-electron chi connectivity index (χ0n) is 12.2. The predicted molar refractivity (Wildman–Crippen MR) is 75.1 cm³/mol. The van der Waals surface area contributed by atoms with Gasteiger partial charge in [0.25, 0.3) is 0 Å². The Balaban J connectivity index is 2.70. The lowest BCUT2D eigenvalue weighted by molar-refractivity contribution is 0.263. The fraction of sp³-hybridized carbons (Fsp3) is 1.00. The van der Waals surface area contributed by atoms with Crippen LogP contribution in [0.1, 0.15) is 20.8 Å². The van der Waals surface area contributed by atoms with Gasteiger partial charge in [0.05, 0.1) is 5.25 Å². The highest BCUT2D eigenvalue weighted by Crippen LogP contribution is 2.24. The molecule has 0 aliphatic carbocycles. The summed E-state index contributed by atoms with van der Waals surface area (Å²) in [6, 6.07) is 0.325. The van der Waals surface area contributed by atoms with Gasteiger partial charge in [-0.1, -0.05) is 13.8 Å². The van der Waals surface area contributed by atoms with Gasteiger partial charge in [-0.3, -0.25) is 0 Å². The third-order valence-corrected chi connectivity index (χ3v) is 5.95. The Kier molecular flexibility index (Phi) is 5.58. The van der Waals surface area contributed by atoms with Gasteiger partial charge in [-0.15, -0.1) is 0 Å². The van der Waals surface area contributed by atoms with Gasteiger partial charge in [0.2, 0.25) is 10.0 Å². The van der Waals surface area contributed by atoms with Crippen LogP contribution in [0.5, 0.6) is 0 Å². The molecule has 1 heterocycles. The molecule has 0 spiro atoms. The first kappa shape index (κ1) is 15.9. The topological polar surface area (TPSA) is 52.7 Å². The van der Waals surface area contributed by atoms with E-state index < -0.39 is 10.0 Å². The van der Waals surface area contributed by atoms with Crippen molar-refractivity contribution < 1.29 is 8.42 Å². The molecule has 6 heteroatoms. The molecular formula is C12H27N3O2S. The molecule has 1 N–H and O–H groups in total. The quantitative estimate of drug-likeness (QED) is 0.753. The summed E-state index contributed by atoms with van der Waals surface area (Å²) in [6.07, 6.45) is 0. The molecule has 0 aromatic heterocycles. The molecule has 0 aromatic rings. The van der Waals surface area contributed by atoms with E-state index >= 15 is 0 Å². The number of hydrogen-bond donors (Lipinski definition) is 1. The Labute approximate surface area is 112 Å². The van der Waals surface area contributed by atoms with E-state index in [9.17, 15) is 8.42 Å². The van der Waals surface area contributed by atoms with E-state index in [1.807, 2.05) is 21.0 Å². The van der Waals surface area contributed by atoms with Gasteiger partial charge >= 0.3 is 0 Å². The smallest absolute Gasteiger partial charge is 0.218 e. The van der Waals surface area contributed by atoms with Gasteiger partial charge in [0.1, 0.15) is 0 Å². The molecule has 18 heavy (non-hydrogen) atoms. The SMILES string of the molecule is CCNCC(C)S(=O)(=O)N1CC(C)C(N(C)C)C1. The fourth-order valence-electron chi connectivity index (χ4n) is 2.49. The van der Waals surface area contributed by atoms with E-state index in [1.54, 1.807) is 11.2 Å². The maximum Gasteiger partial charge on any atom is 0.218 e. The Bertz CT molecular complexity index is 356. The first-order valence-electron chi connectivity index (χ1n) is 6.66. The molecule has 0 aromatic carbocycles. The second-order valence-corrected chi connectivity index (χ2v) is 7.84. The molecule has 1 saturated heterocycles. The van der Waals surface area contributed by atoms with E-state index in [-0.39, 0.29) is 5.25 Å². The highest BCUT2D eigenvalue weighted by atomic mass is 32.2. The molecular weight excluding hydrogens is 250 g/mol. The third kappa shape index (κ3) is 3.44. The average Bonchev–Trinajstić information content (AvgIpc) is 2.68. The largest absolute Gasteiger partial charge is 0.316 e. The standard InChI is InChI=1S/C12H27N3O2S/c1-6-13-7-11(3)18(16,17)15-8-10(2)12(9-15)14(4)5/h10-13H,6-9H2,1-5H3. The first-order valence-corrected chi connectivity index (χ1v) is 8.17. The molecule has 5 nitrogen and oxygen atoms in total. The van der Waals surface area contributed by atoms with Gasteiger partial charge in [-0.2, -0.15) is 4.31 Å². The molecule has 1 fully saturated rings. The Morgan fingerprint density at radius 2 is 2.00 bits per heavy atom. The van der Waals surface area contributed by atoms with Crippen LogP contribution < -0.4 is 5.32 Å². The summed E-state index contributed by atoms with van der Waals surface area (Å²) < 4.78 is 26.5. The number of sulfonamides is 1. The normalized spacial score (nSPS) is 27.9. The van der Waals surface area contributed by atoms with E-state index in [1.165, 1.54) is 0 Å². The molecule has 1 aliphatic rings. The van der Waals surface area contributed by atoms with Crippen LogP contribution in [0.15, 0.2) is 0 Å². The van der Waals surface area contributed by atoms with Crippen LogP contribution in [0, 0.1) is 5.92 Å². The van der Waals surface area contributed by atoms with Crippen molar-refractivity contribution in [2.24, 2.45) is 5.92 Å². The van der Waals surface area contributed by atoms with Crippen LogP contribution in [0.4, 0.5) is 0 Å².